The van der Waals surface area contributed by atoms with Gasteiger partial charge in [-0.05, 0) is 93.9 Å². The van der Waals surface area contributed by atoms with Crippen molar-refractivity contribution in [1.29, 1.82) is 0 Å². The van der Waals surface area contributed by atoms with Crippen molar-refractivity contribution in [3.05, 3.63) is 144 Å². The van der Waals surface area contributed by atoms with Crippen LogP contribution in [0.4, 0.5) is 11.4 Å². The first-order chi connectivity index (χ1) is 28.1. The van der Waals surface area contributed by atoms with Gasteiger partial charge in [-0.2, -0.15) is 0 Å². The predicted molar refractivity (Wildman–Crippen MR) is 220 cm³/mol. The first-order valence-corrected chi connectivity index (χ1v) is 18.2. The molecule has 5 rings (SSSR count). The second-order valence-electron chi connectivity index (χ2n) is 12.6. The number of rotatable bonds is 14. The molecule has 0 unspecified atom stereocenters. The average Bonchev–Trinajstić information content (AvgIpc) is 3.23. The van der Waals surface area contributed by atoms with Crippen molar-refractivity contribution in [1.82, 2.24) is 9.97 Å². The van der Waals surface area contributed by atoms with E-state index in [2.05, 4.69) is 42.1 Å². The van der Waals surface area contributed by atoms with E-state index in [1.807, 2.05) is 33.4 Å². The molecular formula is C40H48N14O4+4. The lowest BCUT2D eigenvalue weighted by molar-refractivity contribution is -0.572. The van der Waals surface area contributed by atoms with Crippen molar-refractivity contribution in [2.24, 2.45) is 32.9 Å². The van der Waals surface area contributed by atoms with E-state index in [0.29, 0.717) is 73.3 Å². The zero-order valence-corrected chi connectivity index (χ0v) is 31.8. The van der Waals surface area contributed by atoms with Crippen LogP contribution < -0.4 is 54.5 Å². The Morgan fingerprint density at radius 1 is 0.586 bits per heavy atom. The molecule has 0 spiro atoms. The molecular weight excluding hydrogens is 741 g/mol. The Kier molecular flexibility index (Phi) is 14.9. The standard InChI is InChI=1S/C40H44N14O4/c41-17-21-53(39(45)51-37(43)49-31-9-13-33(14-10-31)57-35(55)29-3-1-19-47-23-29)25-27-5-7-28(8-6-27)26-54(22-18-42)40(46)52-38(44)50-32-11-15-34(16-12-32)58-36(56)30-4-2-20-48-24-30/h1-16,19-20,23-24H,17-18,21-22,25-26,41-42H2,(H8,43,44,45,46,49,50,51,52)/p+4. The van der Waals surface area contributed by atoms with Crippen LogP contribution in [0.15, 0.2) is 132 Å². The number of hydrogen-bond acceptors (Lipinski definition) is 6. The van der Waals surface area contributed by atoms with Crippen molar-refractivity contribution in [2.45, 2.75) is 13.1 Å². The number of nitrogens with one attached hydrogen (secondary N) is 2. The van der Waals surface area contributed by atoms with Crippen LogP contribution in [-0.4, -0.2) is 81.1 Å². The molecule has 2 aromatic heterocycles. The lowest BCUT2D eigenvalue weighted by atomic mass is 10.1. The van der Waals surface area contributed by atoms with Crippen LogP contribution in [0.5, 0.6) is 11.5 Å². The molecule has 0 atom stereocenters. The number of benzene rings is 3. The summed E-state index contributed by atoms with van der Waals surface area (Å²) in [5.41, 5.74) is 37.1. The van der Waals surface area contributed by atoms with Gasteiger partial charge in [-0.25, -0.2) is 9.59 Å². The Bertz CT molecular complexity index is 2100. The number of esters is 2. The summed E-state index contributed by atoms with van der Waals surface area (Å²) in [6, 6.07) is 27.9. The monoisotopic (exact) mass is 788 g/mol. The number of ether oxygens (including phenoxy) is 2. The fraction of sp³-hybridized carbons (Fsp3) is 0.150. The van der Waals surface area contributed by atoms with Crippen LogP contribution in [0.1, 0.15) is 31.8 Å². The van der Waals surface area contributed by atoms with E-state index in [4.69, 9.17) is 32.4 Å². The Balaban J connectivity index is 1.17. The van der Waals surface area contributed by atoms with E-state index < -0.39 is 11.9 Å². The number of guanidine groups is 4. The number of nitrogens with two attached hydrogens (primary N) is 4. The number of aliphatic imine (C=N–C) groups is 2. The number of quaternary nitrogens is 2. The zero-order valence-electron chi connectivity index (χ0n) is 31.8. The van der Waals surface area contributed by atoms with Crippen molar-refractivity contribution >= 4 is 47.2 Å². The number of carbonyl (C=O) groups is 2. The van der Waals surface area contributed by atoms with Gasteiger partial charge in [0.1, 0.15) is 37.7 Å². The van der Waals surface area contributed by atoms with Gasteiger partial charge in [0.25, 0.3) is 11.9 Å². The summed E-state index contributed by atoms with van der Waals surface area (Å²) in [6.07, 6.45) is 6.03. The third-order valence-corrected chi connectivity index (χ3v) is 8.21. The highest BCUT2D eigenvalue weighted by molar-refractivity contribution is 6.00. The van der Waals surface area contributed by atoms with Gasteiger partial charge in [-0.3, -0.25) is 30.6 Å². The van der Waals surface area contributed by atoms with Crippen LogP contribution in [0.25, 0.3) is 0 Å². The molecule has 0 saturated carbocycles. The lowest BCUT2D eigenvalue weighted by Crippen LogP contribution is -2.54. The summed E-state index contributed by atoms with van der Waals surface area (Å²) in [4.78, 5) is 41.2. The van der Waals surface area contributed by atoms with Gasteiger partial charge in [0, 0.05) is 36.2 Å². The third kappa shape index (κ3) is 12.7. The quantitative estimate of drug-likeness (QED) is 0.0241. The molecule has 18 nitrogen and oxygen atoms in total. The maximum Gasteiger partial charge on any atom is 0.388 e. The molecule has 0 saturated heterocycles. The van der Waals surface area contributed by atoms with Gasteiger partial charge >= 0.3 is 23.9 Å². The van der Waals surface area contributed by atoms with Crippen molar-refractivity contribution in [3.63, 3.8) is 0 Å². The Morgan fingerprint density at radius 2 is 0.966 bits per heavy atom. The molecule has 0 radical (unpaired) electrons. The summed E-state index contributed by atoms with van der Waals surface area (Å²) >= 11 is 0. The molecule has 3 aromatic carbocycles. The fourth-order valence-corrected chi connectivity index (χ4v) is 5.37. The summed E-state index contributed by atoms with van der Waals surface area (Å²) in [5.74, 6) is 0.295. The molecule has 0 aliphatic carbocycles. The van der Waals surface area contributed by atoms with Crippen molar-refractivity contribution in [3.8, 4) is 11.5 Å². The van der Waals surface area contributed by atoms with Crippen LogP contribution in [0, 0.1) is 0 Å². The first kappa shape index (κ1) is 41.5. The van der Waals surface area contributed by atoms with Crippen LogP contribution >= 0.6 is 0 Å². The van der Waals surface area contributed by atoms with Crippen LogP contribution in [0.2, 0.25) is 0 Å². The fourth-order valence-electron chi connectivity index (χ4n) is 5.37. The van der Waals surface area contributed by atoms with Crippen molar-refractivity contribution < 1.29 is 39.7 Å². The molecule has 5 aromatic rings. The lowest BCUT2D eigenvalue weighted by Gasteiger charge is -2.10. The van der Waals surface area contributed by atoms with Crippen LogP contribution in [-0.2, 0) is 13.1 Å². The molecule has 2 heterocycles. The van der Waals surface area contributed by atoms with Gasteiger partial charge in [-0.1, -0.05) is 24.3 Å². The summed E-state index contributed by atoms with van der Waals surface area (Å²) < 4.78 is 14.6. The van der Waals surface area contributed by atoms with Gasteiger partial charge in [0.2, 0.25) is 0 Å². The van der Waals surface area contributed by atoms with Crippen LogP contribution in [0.3, 0.4) is 0 Å². The zero-order chi connectivity index (χ0) is 41.3. The predicted octanol–water partition coefficient (Wildman–Crippen LogP) is -0.0932. The number of hydrogen-bond donors (Lipinski definition) is 8. The molecule has 298 valence electrons. The molecule has 58 heavy (non-hydrogen) atoms. The molecule has 16 N–H and O–H groups in total. The molecule has 0 bridgehead atoms. The third-order valence-electron chi connectivity index (χ3n) is 8.21. The van der Waals surface area contributed by atoms with Crippen molar-refractivity contribution in [2.75, 3.05) is 36.8 Å². The number of nitrogens with zero attached hydrogens (tertiary/aromatic N) is 6. The second-order valence-corrected chi connectivity index (χ2v) is 12.6. The largest absolute Gasteiger partial charge is 0.423 e. The average molecular weight is 789 g/mol. The smallest absolute Gasteiger partial charge is 0.388 e. The maximum atomic E-state index is 12.3. The Labute approximate surface area is 334 Å². The molecule has 0 aliphatic heterocycles. The van der Waals surface area contributed by atoms with E-state index in [-0.39, 0.29) is 23.8 Å². The number of pyridine rings is 2. The van der Waals surface area contributed by atoms with E-state index in [1.165, 1.54) is 12.4 Å². The van der Waals surface area contributed by atoms with E-state index in [0.717, 1.165) is 11.1 Å². The molecule has 0 fully saturated rings. The number of aromatic nitrogens is 2. The van der Waals surface area contributed by atoms with E-state index in [9.17, 15) is 9.59 Å². The summed E-state index contributed by atoms with van der Waals surface area (Å²) in [5, 5.41) is 6.00. The normalized spacial score (nSPS) is 12.5. The topological polar surface area (TPSA) is 293 Å². The Hall–Kier alpha value is -7.70. The minimum Gasteiger partial charge on any atom is -0.423 e. The highest BCUT2D eigenvalue weighted by Gasteiger charge is 2.15. The summed E-state index contributed by atoms with van der Waals surface area (Å²) in [6.45, 7) is 3.19. The number of carbonyl (C=O) groups excluding carboxylic acids is 2. The minimum atomic E-state index is -0.511. The van der Waals surface area contributed by atoms with E-state index in [1.54, 1.807) is 85.2 Å². The van der Waals surface area contributed by atoms with Gasteiger partial charge in [0.05, 0.1) is 24.2 Å². The van der Waals surface area contributed by atoms with Gasteiger partial charge in [0.15, 0.2) is 0 Å². The molecule has 18 heteroatoms. The highest BCUT2D eigenvalue weighted by atomic mass is 16.5. The molecule has 0 amide bonds. The number of anilines is 2. The summed E-state index contributed by atoms with van der Waals surface area (Å²) in [7, 11) is 0. The maximum absolute atomic E-state index is 12.3. The second kappa shape index (κ2) is 20.8. The van der Waals surface area contributed by atoms with Gasteiger partial charge in [-0.15, -0.1) is 0 Å². The van der Waals surface area contributed by atoms with E-state index >= 15 is 0 Å². The Morgan fingerprint density at radius 3 is 1.29 bits per heavy atom. The first-order valence-electron chi connectivity index (χ1n) is 18.2. The molecule has 0 aliphatic rings. The highest BCUT2D eigenvalue weighted by Crippen LogP contribution is 2.18. The van der Waals surface area contributed by atoms with Gasteiger partial charge < -0.3 is 43.0 Å². The minimum absolute atomic E-state index is 0.0812. The SMILES string of the molecule is NC(=NC(N)=[N+](CC[NH3+])Cc1ccc(C[N+](CC[NH3+])=C(N)N=C(N)Nc2ccc(OC(=O)c3cccnc3)cc2)cc1)Nc1ccc(OC(=O)c2cccnc2)cc1.